The van der Waals surface area contributed by atoms with E-state index in [2.05, 4.69) is 15.2 Å². The number of para-hydroxylation sites is 1. The van der Waals surface area contributed by atoms with Gasteiger partial charge >= 0.3 is 6.18 Å². The van der Waals surface area contributed by atoms with Gasteiger partial charge in [-0.3, -0.25) is 9.40 Å². The third kappa shape index (κ3) is 3.56. The number of nitrogens with two attached hydrogens (primary N) is 2. The lowest BCUT2D eigenvalue weighted by Gasteiger charge is -2.44. The van der Waals surface area contributed by atoms with Crippen molar-refractivity contribution in [1.29, 1.82) is 0 Å². The Bertz CT molecular complexity index is 1370. The van der Waals surface area contributed by atoms with Crippen LogP contribution >= 0.6 is 0 Å². The zero-order chi connectivity index (χ0) is 24.3. The third-order valence-corrected chi connectivity index (χ3v) is 7.81. The molecule has 2 aliphatic rings. The minimum absolute atomic E-state index is 0.0303. The van der Waals surface area contributed by atoms with Gasteiger partial charge in [-0.25, -0.2) is 8.42 Å². The van der Waals surface area contributed by atoms with Gasteiger partial charge in [-0.2, -0.15) is 23.3 Å². The summed E-state index contributed by atoms with van der Waals surface area (Å²) in [6, 6.07) is 9.89. The number of rotatable bonds is 3. The molecule has 13 heteroatoms. The number of hydrogen-bond donors (Lipinski definition) is 3. The molecule has 3 heterocycles. The minimum atomic E-state index is -4.57. The van der Waals surface area contributed by atoms with E-state index in [9.17, 15) is 21.6 Å². The lowest BCUT2D eigenvalue weighted by atomic mass is 9.97. The summed E-state index contributed by atoms with van der Waals surface area (Å²) in [4.78, 5) is 5.68. The third-order valence-electron chi connectivity index (χ3n) is 6.01. The van der Waals surface area contributed by atoms with E-state index < -0.39 is 34.0 Å². The highest BCUT2D eigenvalue weighted by atomic mass is 32.2. The number of guanidine groups is 1. The maximum absolute atomic E-state index is 13.6. The molecule has 0 aliphatic carbocycles. The largest absolute Gasteiger partial charge is 0.416 e. The normalized spacial score (nSPS) is 20.5. The summed E-state index contributed by atoms with van der Waals surface area (Å²) < 4.78 is 67.3. The molecule has 5 rings (SSSR count). The maximum atomic E-state index is 13.6. The average Bonchev–Trinajstić information content (AvgIpc) is 3.27. The summed E-state index contributed by atoms with van der Waals surface area (Å²) in [6.45, 7) is -0.0303. The monoisotopic (exact) mass is 491 g/mol. The second-order valence-corrected chi connectivity index (χ2v) is 9.90. The number of halogens is 3. The number of hydrogen-bond acceptors (Lipinski definition) is 7. The Hall–Kier alpha value is -3.58. The van der Waals surface area contributed by atoms with Crippen molar-refractivity contribution in [2.75, 3.05) is 10.8 Å². The van der Waals surface area contributed by atoms with Crippen molar-refractivity contribution in [3.05, 3.63) is 71.4 Å². The fourth-order valence-electron chi connectivity index (χ4n) is 4.37. The predicted octanol–water partition coefficient (Wildman–Crippen LogP) is 2.47. The van der Waals surface area contributed by atoms with E-state index in [1.165, 1.54) is 10.5 Å². The number of benzene rings is 2. The summed E-state index contributed by atoms with van der Waals surface area (Å²) in [5.41, 5.74) is 13.5. The SMILES string of the molecule is NC1=Nc2[nH]ncc2C(N)N1C1Cc2ccccc2N(S(=O)(=O)c2ccc(C(F)(F)F)cc2)C1. The predicted molar refractivity (Wildman–Crippen MR) is 119 cm³/mol. The molecular weight excluding hydrogens is 471 g/mol. The van der Waals surface area contributed by atoms with E-state index in [-0.39, 0.29) is 17.4 Å². The van der Waals surface area contributed by atoms with Crippen LogP contribution in [0.3, 0.4) is 0 Å². The first kappa shape index (κ1) is 22.2. The molecule has 0 saturated heterocycles. The van der Waals surface area contributed by atoms with Gasteiger partial charge in [0.1, 0.15) is 6.17 Å². The lowest BCUT2D eigenvalue weighted by Crippen LogP contribution is -2.57. The summed E-state index contributed by atoms with van der Waals surface area (Å²) in [5.74, 6) is 0.548. The number of nitrogens with one attached hydrogen (secondary N) is 1. The Morgan fingerprint density at radius 1 is 1.09 bits per heavy atom. The average molecular weight is 491 g/mol. The van der Waals surface area contributed by atoms with Gasteiger partial charge < -0.3 is 16.4 Å². The second kappa shape index (κ2) is 7.74. The number of aliphatic imine (C=N–C) groups is 1. The molecule has 0 saturated carbocycles. The van der Waals surface area contributed by atoms with Crippen LogP contribution in [0, 0.1) is 0 Å². The molecule has 2 aromatic carbocycles. The fraction of sp³-hybridized carbons (Fsp3) is 0.238. The van der Waals surface area contributed by atoms with Gasteiger partial charge in [0.2, 0.25) is 0 Å². The topological polar surface area (TPSA) is 134 Å². The molecule has 5 N–H and O–H groups in total. The number of alkyl halides is 3. The van der Waals surface area contributed by atoms with Crippen molar-refractivity contribution in [1.82, 2.24) is 15.1 Å². The highest BCUT2D eigenvalue weighted by Crippen LogP contribution is 2.38. The molecule has 0 bridgehead atoms. The first-order valence-corrected chi connectivity index (χ1v) is 11.7. The van der Waals surface area contributed by atoms with Crippen LogP contribution in [0.2, 0.25) is 0 Å². The van der Waals surface area contributed by atoms with Crippen LogP contribution in [0.1, 0.15) is 22.9 Å². The first-order chi connectivity index (χ1) is 16.1. The van der Waals surface area contributed by atoms with Crippen LogP contribution in [-0.4, -0.2) is 42.1 Å². The van der Waals surface area contributed by atoms with E-state index in [1.54, 1.807) is 29.2 Å². The van der Waals surface area contributed by atoms with Crippen LogP contribution < -0.4 is 15.8 Å². The fourth-order valence-corrected chi connectivity index (χ4v) is 5.91. The second-order valence-electron chi connectivity index (χ2n) is 8.04. The molecule has 0 fully saturated rings. The Morgan fingerprint density at radius 3 is 2.50 bits per heavy atom. The summed E-state index contributed by atoms with van der Waals surface area (Å²) in [5, 5.41) is 6.66. The van der Waals surface area contributed by atoms with Crippen molar-refractivity contribution in [2.45, 2.75) is 29.7 Å². The molecule has 1 aromatic heterocycles. The Balaban J connectivity index is 1.54. The number of H-pyrrole nitrogens is 1. The number of aromatic nitrogens is 2. The highest BCUT2D eigenvalue weighted by Gasteiger charge is 2.40. The number of anilines is 1. The van der Waals surface area contributed by atoms with Crippen LogP contribution in [0.15, 0.2) is 64.6 Å². The van der Waals surface area contributed by atoms with Crippen molar-refractivity contribution in [3.8, 4) is 0 Å². The molecule has 3 aromatic rings. The van der Waals surface area contributed by atoms with Gasteiger partial charge in [-0.1, -0.05) is 18.2 Å². The zero-order valence-electron chi connectivity index (χ0n) is 17.6. The zero-order valence-corrected chi connectivity index (χ0v) is 18.4. The van der Waals surface area contributed by atoms with Crippen molar-refractivity contribution >= 4 is 27.5 Å². The summed E-state index contributed by atoms with van der Waals surface area (Å²) in [7, 11) is -4.19. The van der Waals surface area contributed by atoms with Crippen molar-refractivity contribution in [3.63, 3.8) is 0 Å². The molecule has 178 valence electrons. The van der Waals surface area contributed by atoms with E-state index in [4.69, 9.17) is 11.5 Å². The Kier molecular flexibility index (Phi) is 5.06. The molecule has 0 spiro atoms. The molecule has 2 unspecified atom stereocenters. The van der Waals surface area contributed by atoms with Crippen LogP contribution in [0.25, 0.3) is 0 Å². The molecule has 2 atom stereocenters. The minimum Gasteiger partial charge on any atom is -0.369 e. The van der Waals surface area contributed by atoms with Crippen LogP contribution in [0.5, 0.6) is 0 Å². The standard InChI is InChI=1S/C21H20F3N7O2S/c22-21(23,24)13-5-7-15(8-6-13)34(32,33)30-11-14(9-12-3-1-2-4-17(12)30)31-18(25)16-10-27-29-19(16)28-20(31)26/h1-8,10,14,18H,9,11,25H2,(H3,26,27,28,29). The number of aromatic amines is 1. The van der Waals surface area contributed by atoms with Gasteiger partial charge in [0, 0.05) is 0 Å². The van der Waals surface area contributed by atoms with E-state index >= 15 is 0 Å². The number of sulfonamides is 1. The van der Waals surface area contributed by atoms with Gasteiger partial charge in [-0.15, -0.1) is 0 Å². The lowest BCUT2D eigenvalue weighted by molar-refractivity contribution is -0.137. The Labute approximate surface area is 192 Å². The Morgan fingerprint density at radius 2 is 1.79 bits per heavy atom. The van der Waals surface area contributed by atoms with Gasteiger partial charge in [-0.05, 0) is 42.3 Å². The highest BCUT2D eigenvalue weighted by molar-refractivity contribution is 7.92. The van der Waals surface area contributed by atoms with Crippen molar-refractivity contribution < 1.29 is 21.6 Å². The molecule has 9 nitrogen and oxygen atoms in total. The first-order valence-electron chi connectivity index (χ1n) is 10.3. The van der Waals surface area contributed by atoms with Gasteiger partial charge in [0.05, 0.1) is 40.5 Å². The molecular formula is C21H20F3N7O2S. The van der Waals surface area contributed by atoms with Crippen LogP contribution in [-0.2, 0) is 22.6 Å². The molecule has 0 radical (unpaired) electrons. The smallest absolute Gasteiger partial charge is 0.369 e. The number of nitrogens with zero attached hydrogens (tertiary/aromatic N) is 4. The van der Waals surface area contributed by atoms with Crippen molar-refractivity contribution in [2.24, 2.45) is 16.5 Å². The number of fused-ring (bicyclic) bond motifs is 2. The molecule has 2 aliphatic heterocycles. The van der Waals surface area contributed by atoms with E-state index in [0.717, 1.165) is 29.8 Å². The summed E-state index contributed by atoms with van der Waals surface area (Å²) in [6.07, 6.45) is -3.31. The van der Waals surface area contributed by atoms with E-state index in [0.29, 0.717) is 23.5 Å². The van der Waals surface area contributed by atoms with Gasteiger partial charge in [0.25, 0.3) is 10.0 Å². The van der Waals surface area contributed by atoms with Crippen LogP contribution in [0.4, 0.5) is 24.7 Å². The molecule has 34 heavy (non-hydrogen) atoms. The van der Waals surface area contributed by atoms with E-state index in [1.807, 2.05) is 0 Å². The maximum Gasteiger partial charge on any atom is 0.416 e. The summed E-state index contributed by atoms with van der Waals surface area (Å²) >= 11 is 0. The quantitative estimate of drug-likeness (QED) is 0.515. The molecule has 0 amide bonds. The van der Waals surface area contributed by atoms with Gasteiger partial charge in [0.15, 0.2) is 11.8 Å².